The molecule has 2 amide bonds. The summed E-state index contributed by atoms with van der Waals surface area (Å²) in [4.78, 5) is 36.9. The number of fused-ring (bicyclic) bond motifs is 1. The van der Waals surface area contributed by atoms with Gasteiger partial charge in [0.05, 0.1) is 19.3 Å². The number of aryl methyl sites for hydroxylation is 1. The van der Waals surface area contributed by atoms with Gasteiger partial charge in [-0.1, -0.05) is 0 Å². The van der Waals surface area contributed by atoms with Gasteiger partial charge in [-0.15, -0.1) is 0 Å². The van der Waals surface area contributed by atoms with Crippen molar-refractivity contribution in [3.63, 3.8) is 0 Å². The van der Waals surface area contributed by atoms with Gasteiger partial charge in [0.15, 0.2) is 0 Å². The van der Waals surface area contributed by atoms with Crippen LogP contribution >= 0.6 is 0 Å². The molecule has 0 aliphatic carbocycles. The van der Waals surface area contributed by atoms with Gasteiger partial charge in [0.2, 0.25) is 11.8 Å². The number of anilines is 1. The second kappa shape index (κ2) is 10.0. The molecule has 4 rings (SSSR count). The van der Waals surface area contributed by atoms with Crippen molar-refractivity contribution in [3.05, 3.63) is 82.5 Å². The Bertz CT molecular complexity index is 1380. The number of nitrogens with one attached hydrogen (secondary N) is 2. The molecule has 0 saturated carbocycles. The highest BCUT2D eigenvalue weighted by Gasteiger charge is 2.14. The van der Waals surface area contributed by atoms with Crippen LogP contribution in [0.5, 0.6) is 5.75 Å². The molecule has 0 aliphatic heterocycles. The van der Waals surface area contributed by atoms with Crippen LogP contribution in [-0.4, -0.2) is 35.2 Å². The fraction of sp³-hybridized carbons (Fsp3) is 0.200. The van der Waals surface area contributed by atoms with Gasteiger partial charge in [0, 0.05) is 41.5 Å². The molecule has 0 saturated heterocycles. The van der Waals surface area contributed by atoms with Gasteiger partial charge in [-0.3, -0.25) is 9.59 Å². The third-order valence-corrected chi connectivity index (χ3v) is 5.46. The first-order valence-corrected chi connectivity index (χ1v) is 10.7. The molecular weight excluding hydrogens is 436 g/mol. The molecule has 0 fully saturated rings. The summed E-state index contributed by atoms with van der Waals surface area (Å²) in [6, 6.07) is 14.3. The third kappa shape index (κ3) is 5.15. The van der Waals surface area contributed by atoms with Crippen LogP contribution < -0.4 is 21.0 Å². The number of amides is 2. The van der Waals surface area contributed by atoms with Gasteiger partial charge in [-0.05, 0) is 61.4 Å². The van der Waals surface area contributed by atoms with E-state index in [9.17, 15) is 14.4 Å². The number of benzene rings is 2. The second-order valence-corrected chi connectivity index (χ2v) is 7.68. The minimum Gasteiger partial charge on any atom is -0.497 e. The molecular formula is C25H24N4O5. The van der Waals surface area contributed by atoms with Crippen LogP contribution in [0.3, 0.4) is 0 Å². The van der Waals surface area contributed by atoms with Crippen molar-refractivity contribution in [1.29, 1.82) is 0 Å². The first-order valence-electron chi connectivity index (χ1n) is 10.7. The summed E-state index contributed by atoms with van der Waals surface area (Å²) in [7, 11) is 1.54. The molecule has 2 N–H and O–H groups in total. The van der Waals surface area contributed by atoms with Crippen molar-refractivity contribution in [2.75, 3.05) is 19.0 Å². The van der Waals surface area contributed by atoms with Gasteiger partial charge < -0.3 is 19.8 Å². The minimum atomic E-state index is -0.484. The van der Waals surface area contributed by atoms with Crippen molar-refractivity contribution < 1.29 is 18.7 Å². The van der Waals surface area contributed by atoms with E-state index in [1.807, 2.05) is 37.4 Å². The first-order chi connectivity index (χ1) is 16.4. The molecule has 9 heteroatoms. The Balaban J connectivity index is 1.30. The van der Waals surface area contributed by atoms with Gasteiger partial charge >= 0.3 is 5.63 Å². The zero-order valence-corrected chi connectivity index (χ0v) is 18.8. The third-order valence-electron chi connectivity index (χ3n) is 5.46. The van der Waals surface area contributed by atoms with E-state index >= 15 is 0 Å². The van der Waals surface area contributed by atoms with E-state index < -0.39 is 5.63 Å². The molecule has 0 atom stereocenters. The SMILES string of the molecule is COc1ccc2c(C)c(CCC(=O)NCC(=O)Nc3ccc(-n4cccn4)cc3)c(=O)oc2c1. The van der Waals surface area contributed by atoms with Crippen molar-refractivity contribution >= 4 is 28.5 Å². The lowest BCUT2D eigenvalue weighted by Crippen LogP contribution is -2.33. The highest BCUT2D eigenvalue weighted by atomic mass is 16.5. The number of hydrogen-bond acceptors (Lipinski definition) is 6. The number of nitrogens with zero attached hydrogens (tertiary/aromatic N) is 2. The Morgan fingerprint density at radius 3 is 2.62 bits per heavy atom. The van der Waals surface area contributed by atoms with Crippen LogP contribution in [0.4, 0.5) is 5.69 Å². The summed E-state index contributed by atoms with van der Waals surface area (Å²) < 4.78 is 12.3. The molecule has 0 unspecified atom stereocenters. The zero-order chi connectivity index (χ0) is 24.1. The fourth-order valence-corrected chi connectivity index (χ4v) is 3.62. The van der Waals surface area contributed by atoms with E-state index in [-0.39, 0.29) is 31.2 Å². The predicted molar refractivity (Wildman–Crippen MR) is 127 cm³/mol. The maximum absolute atomic E-state index is 12.4. The van der Waals surface area contributed by atoms with Crippen molar-refractivity contribution in [3.8, 4) is 11.4 Å². The summed E-state index contributed by atoms with van der Waals surface area (Å²) in [5, 5.41) is 10.3. The molecule has 9 nitrogen and oxygen atoms in total. The maximum atomic E-state index is 12.4. The molecule has 2 aromatic carbocycles. The lowest BCUT2D eigenvalue weighted by Gasteiger charge is -2.10. The molecule has 34 heavy (non-hydrogen) atoms. The zero-order valence-electron chi connectivity index (χ0n) is 18.8. The standard InChI is InChI=1S/C25H24N4O5/c1-16-20-9-8-19(33-2)14-22(20)34-25(32)21(16)10-11-23(30)26-15-24(31)28-17-4-6-18(7-5-17)29-13-3-12-27-29/h3-9,12-14H,10-11,15H2,1-2H3,(H,26,30)(H,28,31). The van der Waals surface area contributed by atoms with E-state index in [1.165, 1.54) is 7.11 Å². The van der Waals surface area contributed by atoms with Gasteiger partial charge in [-0.25, -0.2) is 9.48 Å². The number of carbonyl (C=O) groups is 2. The topological polar surface area (TPSA) is 115 Å². The lowest BCUT2D eigenvalue weighted by molar-refractivity contribution is -0.124. The summed E-state index contributed by atoms with van der Waals surface area (Å²) in [6.45, 7) is 1.65. The molecule has 174 valence electrons. The van der Waals surface area contributed by atoms with E-state index in [1.54, 1.807) is 35.1 Å². The van der Waals surface area contributed by atoms with Crippen molar-refractivity contribution in [2.24, 2.45) is 0 Å². The predicted octanol–water partition coefficient (Wildman–Crippen LogP) is 2.98. The van der Waals surface area contributed by atoms with Gasteiger partial charge in [0.1, 0.15) is 11.3 Å². The van der Waals surface area contributed by atoms with Crippen LogP contribution in [0.2, 0.25) is 0 Å². The second-order valence-electron chi connectivity index (χ2n) is 7.68. The van der Waals surface area contributed by atoms with Crippen LogP contribution in [0.1, 0.15) is 17.5 Å². The fourth-order valence-electron chi connectivity index (χ4n) is 3.62. The van der Waals surface area contributed by atoms with E-state index in [0.29, 0.717) is 22.6 Å². The Labute approximate surface area is 195 Å². The number of aromatic nitrogens is 2. The van der Waals surface area contributed by atoms with Crippen LogP contribution in [0, 0.1) is 6.92 Å². The number of carbonyl (C=O) groups excluding carboxylic acids is 2. The molecule has 2 aromatic heterocycles. The molecule has 0 aliphatic rings. The number of methoxy groups -OCH3 is 1. The Kier molecular flexibility index (Phi) is 6.72. The number of ether oxygens (including phenoxy) is 1. The Hall–Kier alpha value is -4.40. The van der Waals surface area contributed by atoms with Crippen LogP contribution in [0.15, 0.2) is 70.1 Å². The minimum absolute atomic E-state index is 0.0547. The average molecular weight is 460 g/mol. The summed E-state index contributed by atoms with van der Waals surface area (Å²) in [5.41, 5.74) is 2.62. The van der Waals surface area contributed by atoms with E-state index in [0.717, 1.165) is 16.6 Å². The quantitative estimate of drug-likeness (QED) is 0.391. The highest BCUT2D eigenvalue weighted by Crippen LogP contribution is 2.24. The summed E-state index contributed by atoms with van der Waals surface area (Å²) in [5.74, 6) is -0.0948. The summed E-state index contributed by atoms with van der Waals surface area (Å²) in [6.07, 6.45) is 3.77. The Morgan fingerprint density at radius 2 is 1.91 bits per heavy atom. The largest absolute Gasteiger partial charge is 0.497 e. The number of rotatable bonds is 8. The lowest BCUT2D eigenvalue weighted by atomic mass is 10.0. The highest BCUT2D eigenvalue weighted by molar-refractivity contribution is 5.94. The smallest absolute Gasteiger partial charge is 0.339 e. The van der Waals surface area contributed by atoms with Crippen LogP contribution in [-0.2, 0) is 16.0 Å². The maximum Gasteiger partial charge on any atom is 0.339 e. The number of hydrogen-bond donors (Lipinski definition) is 2. The first kappa shape index (κ1) is 22.8. The molecule has 0 bridgehead atoms. The Morgan fingerprint density at radius 1 is 1.12 bits per heavy atom. The molecule has 2 heterocycles. The monoisotopic (exact) mass is 460 g/mol. The summed E-state index contributed by atoms with van der Waals surface area (Å²) >= 11 is 0. The van der Waals surface area contributed by atoms with E-state index in [2.05, 4.69) is 15.7 Å². The average Bonchev–Trinajstić information content (AvgIpc) is 3.37. The van der Waals surface area contributed by atoms with Crippen LogP contribution in [0.25, 0.3) is 16.7 Å². The van der Waals surface area contributed by atoms with Crippen molar-refractivity contribution in [2.45, 2.75) is 19.8 Å². The molecule has 0 spiro atoms. The normalized spacial score (nSPS) is 10.8. The molecule has 4 aromatic rings. The van der Waals surface area contributed by atoms with E-state index in [4.69, 9.17) is 9.15 Å². The van der Waals surface area contributed by atoms with Gasteiger partial charge in [0.25, 0.3) is 0 Å². The van der Waals surface area contributed by atoms with Gasteiger partial charge in [-0.2, -0.15) is 5.10 Å². The van der Waals surface area contributed by atoms with Crippen molar-refractivity contribution in [1.82, 2.24) is 15.1 Å². The molecule has 0 radical (unpaired) electrons.